The summed E-state index contributed by atoms with van der Waals surface area (Å²) in [6, 6.07) is 59.4. The van der Waals surface area contributed by atoms with Crippen molar-refractivity contribution in [1.29, 1.82) is 0 Å². The van der Waals surface area contributed by atoms with Crippen molar-refractivity contribution in [2.45, 2.75) is 26.2 Å². The molecule has 0 amide bonds. The minimum absolute atomic E-state index is 0.680. The van der Waals surface area contributed by atoms with Gasteiger partial charge in [-0.15, -0.1) is 0 Å². The second kappa shape index (κ2) is 12.3. The van der Waals surface area contributed by atoms with Gasteiger partial charge in [-0.05, 0) is 77.4 Å². The highest BCUT2D eigenvalue weighted by molar-refractivity contribution is 7.04. The first kappa shape index (κ1) is 32.6. The Labute approximate surface area is 319 Å². The lowest BCUT2D eigenvalue weighted by Gasteiger charge is -2.21. The summed E-state index contributed by atoms with van der Waals surface area (Å²) in [4.78, 5) is 16.3. The van der Waals surface area contributed by atoms with Crippen LogP contribution in [0.3, 0.4) is 0 Å². The van der Waals surface area contributed by atoms with E-state index in [4.69, 9.17) is 15.0 Å². The molecule has 0 atom stereocenters. The quantitative estimate of drug-likeness (QED) is 0.166. The molecule has 0 unspecified atom stereocenters. The van der Waals surface area contributed by atoms with Gasteiger partial charge in [0, 0.05) is 16.7 Å². The van der Waals surface area contributed by atoms with Gasteiger partial charge in [-0.2, -0.15) is 0 Å². The van der Waals surface area contributed by atoms with Crippen LogP contribution in [0.4, 0.5) is 0 Å². The predicted molar refractivity (Wildman–Crippen MR) is 231 cm³/mol. The number of benzene rings is 7. The van der Waals surface area contributed by atoms with Crippen LogP contribution in [0.5, 0.6) is 0 Å². The van der Waals surface area contributed by atoms with E-state index in [0.29, 0.717) is 17.5 Å². The first-order chi connectivity index (χ1) is 26.3. The molecule has 3 heterocycles. The number of hydrogen-bond acceptors (Lipinski definition) is 3. The number of aromatic nitrogens is 3. The third-order valence-corrected chi connectivity index (χ3v) is 18.8. The Bertz CT molecular complexity index is 2590. The van der Waals surface area contributed by atoms with Crippen LogP contribution in [-0.2, 0) is 0 Å². The van der Waals surface area contributed by atoms with Crippen LogP contribution in [0.15, 0.2) is 164 Å². The molecular formula is C49H39N3Si2. The van der Waals surface area contributed by atoms with Crippen molar-refractivity contribution in [3.8, 4) is 78.7 Å². The first-order valence-electron chi connectivity index (χ1n) is 18.8. The Hall–Kier alpha value is -6.02. The number of hydrogen-bond donors (Lipinski definition) is 0. The second-order valence-corrected chi connectivity index (χ2v) is 24.3. The highest BCUT2D eigenvalue weighted by Crippen LogP contribution is 2.42. The zero-order valence-electron chi connectivity index (χ0n) is 30.9. The Balaban J connectivity index is 1.31. The van der Waals surface area contributed by atoms with E-state index in [1.165, 1.54) is 65.3 Å². The van der Waals surface area contributed by atoms with E-state index in [2.05, 4.69) is 184 Å². The fourth-order valence-electron chi connectivity index (χ4n) is 8.91. The van der Waals surface area contributed by atoms with Crippen molar-refractivity contribution in [1.82, 2.24) is 15.0 Å². The molecule has 0 bridgehead atoms. The van der Waals surface area contributed by atoms with Crippen molar-refractivity contribution >= 4 is 36.9 Å². The summed E-state index contributed by atoms with van der Waals surface area (Å²) in [5.74, 6) is 2.09. The largest absolute Gasteiger partial charge is 0.208 e. The average molecular weight is 726 g/mol. The van der Waals surface area contributed by atoms with Gasteiger partial charge in [-0.3, -0.25) is 0 Å². The molecule has 0 saturated heterocycles. The molecular weight excluding hydrogens is 687 g/mol. The summed E-state index contributed by atoms with van der Waals surface area (Å²) in [6.45, 7) is 9.91. The van der Waals surface area contributed by atoms with Gasteiger partial charge in [-0.1, -0.05) is 178 Å². The molecule has 0 N–H and O–H groups in total. The zero-order chi connectivity index (χ0) is 36.6. The molecule has 0 radical (unpaired) electrons. The third-order valence-electron chi connectivity index (χ3n) is 11.7. The van der Waals surface area contributed by atoms with E-state index in [1.54, 1.807) is 0 Å². The molecule has 0 aliphatic carbocycles. The molecule has 7 aromatic carbocycles. The lowest BCUT2D eigenvalue weighted by atomic mass is 9.93. The van der Waals surface area contributed by atoms with Crippen LogP contribution in [0.1, 0.15) is 0 Å². The summed E-state index contributed by atoms with van der Waals surface area (Å²) in [6.07, 6.45) is 0. The smallest absolute Gasteiger partial charge is 0.164 e. The molecule has 2 aliphatic rings. The minimum Gasteiger partial charge on any atom is -0.208 e. The van der Waals surface area contributed by atoms with Crippen molar-refractivity contribution in [3.63, 3.8) is 0 Å². The van der Waals surface area contributed by atoms with Crippen LogP contribution in [0, 0.1) is 0 Å². The minimum atomic E-state index is -2.05. The topological polar surface area (TPSA) is 38.7 Å². The highest BCUT2D eigenvalue weighted by atomic mass is 28.3. The van der Waals surface area contributed by atoms with Gasteiger partial charge in [0.2, 0.25) is 0 Å². The number of rotatable bonds is 5. The van der Waals surface area contributed by atoms with E-state index in [0.717, 1.165) is 16.7 Å². The first-order valence-corrected chi connectivity index (χ1v) is 24.8. The summed E-state index contributed by atoms with van der Waals surface area (Å²) < 4.78 is 0. The zero-order valence-corrected chi connectivity index (χ0v) is 32.9. The SMILES string of the molecule is C[Si]1(C)c2ccccc2-c2c(-c3nc(-c4ccccc4)nc(-c4cc(-c5ccccc5)cc5c4-c4ccccc4[Si]5(C)C)n3)cc(-c3ccccc3)cc21. The average Bonchev–Trinajstić information content (AvgIpc) is 3.60. The molecule has 258 valence electrons. The maximum atomic E-state index is 5.57. The molecule has 54 heavy (non-hydrogen) atoms. The van der Waals surface area contributed by atoms with Gasteiger partial charge in [0.15, 0.2) is 17.5 Å². The molecule has 5 heteroatoms. The fourth-order valence-corrected chi connectivity index (χ4v) is 15.1. The standard InChI is InChI=1S/C49H39N3Si2/c1-53(2)41-26-16-14-24-37(41)45-39(28-35(30-43(45)53)32-18-8-5-9-19-32)48-50-47(34-22-12-7-13-23-34)51-49(52-48)40-29-36(33-20-10-6-11-21-33)31-44-46(40)38-25-15-17-27-42(38)54(44,3)4/h5-31H,1-4H3. The van der Waals surface area contributed by atoms with E-state index < -0.39 is 16.1 Å². The maximum absolute atomic E-state index is 5.57. The highest BCUT2D eigenvalue weighted by Gasteiger charge is 2.41. The molecule has 0 saturated carbocycles. The van der Waals surface area contributed by atoms with Crippen LogP contribution in [0.25, 0.3) is 78.7 Å². The van der Waals surface area contributed by atoms with Gasteiger partial charge in [-0.25, -0.2) is 15.0 Å². The summed E-state index contributed by atoms with van der Waals surface area (Å²) in [5.41, 5.74) is 13.0. The normalized spacial score (nSPS) is 14.2. The Kier molecular flexibility index (Phi) is 7.41. The van der Waals surface area contributed by atoms with Crippen molar-refractivity contribution in [3.05, 3.63) is 164 Å². The number of nitrogens with zero attached hydrogens (tertiary/aromatic N) is 3. The van der Waals surface area contributed by atoms with Gasteiger partial charge in [0.05, 0.1) is 0 Å². The molecule has 10 rings (SSSR count). The van der Waals surface area contributed by atoms with Crippen LogP contribution < -0.4 is 20.7 Å². The van der Waals surface area contributed by atoms with Crippen LogP contribution in [0.2, 0.25) is 26.2 Å². The second-order valence-electron chi connectivity index (χ2n) is 15.6. The molecule has 8 aromatic rings. The predicted octanol–water partition coefficient (Wildman–Crippen LogP) is 9.81. The monoisotopic (exact) mass is 725 g/mol. The molecule has 0 fully saturated rings. The fraction of sp³-hybridized carbons (Fsp3) is 0.0816. The third kappa shape index (κ3) is 5.03. The molecule has 0 spiro atoms. The van der Waals surface area contributed by atoms with Gasteiger partial charge in [0.1, 0.15) is 16.1 Å². The van der Waals surface area contributed by atoms with E-state index >= 15 is 0 Å². The lowest BCUT2D eigenvalue weighted by Crippen LogP contribution is -2.49. The summed E-state index contributed by atoms with van der Waals surface area (Å²) in [5, 5.41) is 5.77. The molecule has 3 nitrogen and oxygen atoms in total. The Morgan fingerprint density at radius 2 is 0.648 bits per heavy atom. The van der Waals surface area contributed by atoms with Crippen molar-refractivity contribution < 1.29 is 0 Å². The van der Waals surface area contributed by atoms with Gasteiger partial charge >= 0.3 is 0 Å². The van der Waals surface area contributed by atoms with Gasteiger partial charge < -0.3 is 0 Å². The van der Waals surface area contributed by atoms with E-state index in [9.17, 15) is 0 Å². The van der Waals surface area contributed by atoms with E-state index in [1.807, 2.05) is 6.07 Å². The summed E-state index contributed by atoms with van der Waals surface area (Å²) >= 11 is 0. The molecule has 1 aromatic heterocycles. The van der Waals surface area contributed by atoms with Crippen molar-refractivity contribution in [2.75, 3.05) is 0 Å². The number of fused-ring (bicyclic) bond motifs is 6. The van der Waals surface area contributed by atoms with Crippen LogP contribution in [-0.4, -0.2) is 31.1 Å². The van der Waals surface area contributed by atoms with E-state index in [-0.39, 0.29) is 0 Å². The van der Waals surface area contributed by atoms with Crippen LogP contribution >= 0.6 is 0 Å². The van der Waals surface area contributed by atoms with Crippen molar-refractivity contribution in [2.24, 2.45) is 0 Å². The van der Waals surface area contributed by atoms with Gasteiger partial charge in [0.25, 0.3) is 0 Å². The maximum Gasteiger partial charge on any atom is 0.164 e. The lowest BCUT2D eigenvalue weighted by molar-refractivity contribution is 1.08. The summed E-state index contributed by atoms with van der Waals surface area (Å²) in [7, 11) is -4.09. The molecule has 2 aliphatic heterocycles. The Morgan fingerprint density at radius 1 is 0.296 bits per heavy atom. The Morgan fingerprint density at radius 3 is 1.07 bits per heavy atom.